The number of hydrazine groups is 1. The minimum atomic E-state index is -0.738. The van der Waals surface area contributed by atoms with Gasteiger partial charge in [-0.25, -0.2) is 5.43 Å². The maximum absolute atomic E-state index is 12.1. The zero-order valence-electron chi connectivity index (χ0n) is 14.2. The largest absolute Gasteiger partial charge is 0.497 e. The van der Waals surface area contributed by atoms with Crippen molar-refractivity contribution in [2.24, 2.45) is 0 Å². The lowest BCUT2D eigenvalue weighted by atomic mass is 10.3. The number of hydrogen-bond acceptors (Lipinski definition) is 8. The molecule has 9 heteroatoms. The Hall–Kier alpha value is -3.62. The molecule has 134 valence electrons. The van der Waals surface area contributed by atoms with Crippen LogP contribution >= 0.6 is 0 Å². The Balaban J connectivity index is 1.52. The highest BCUT2D eigenvalue weighted by atomic mass is 16.5. The van der Waals surface area contributed by atoms with Crippen LogP contribution in [0.1, 0.15) is 6.92 Å². The molecule has 2 heterocycles. The van der Waals surface area contributed by atoms with E-state index in [2.05, 4.69) is 26.0 Å². The van der Waals surface area contributed by atoms with Gasteiger partial charge < -0.3 is 14.0 Å². The van der Waals surface area contributed by atoms with Crippen LogP contribution in [0, 0.1) is 0 Å². The summed E-state index contributed by atoms with van der Waals surface area (Å²) in [4.78, 5) is 20.1. The Labute approximate surface area is 149 Å². The monoisotopic (exact) mass is 355 g/mol. The minimum Gasteiger partial charge on any atom is -0.497 e. The van der Waals surface area contributed by atoms with Gasteiger partial charge in [0, 0.05) is 18.0 Å². The molecule has 3 rings (SSSR count). The molecule has 0 saturated carbocycles. The second-order valence-corrected chi connectivity index (χ2v) is 5.21. The Morgan fingerprint density at radius 2 is 1.81 bits per heavy atom. The van der Waals surface area contributed by atoms with Crippen molar-refractivity contribution in [3.8, 4) is 22.9 Å². The average Bonchev–Trinajstić information content (AvgIpc) is 3.16. The van der Waals surface area contributed by atoms with E-state index in [4.69, 9.17) is 14.0 Å². The number of nitrogens with zero attached hydrogens (tertiary/aromatic N) is 3. The summed E-state index contributed by atoms with van der Waals surface area (Å²) < 4.78 is 15.7. The van der Waals surface area contributed by atoms with E-state index >= 15 is 0 Å². The molecule has 1 amide bonds. The Kier molecular flexibility index (Phi) is 5.28. The molecule has 2 aromatic heterocycles. The molecule has 0 aliphatic heterocycles. The molecule has 1 atom stereocenters. The highest BCUT2D eigenvalue weighted by Crippen LogP contribution is 2.18. The number of anilines is 1. The number of ether oxygens (including phenoxy) is 2. The summed E-state index contributed by atoms with van der Waals surface area (Å²) >= 11 is 0. The van der Waals surface area contributed by atoms with E-state index in [0.717, 1.165) is 5.56 Å². The van der Waals surface area contributed by atoms with Crippen LogP contribution in [0.2, 0.25) is 0 Å². The number of aromatic nitrogens is 3. The Morgan fingerprint density at radius 1 is 1.12 bits per heavy atom. The number of carbonyl (C=O) groups excluding carboxylic acids is 1. The summed E-state index contributed by atoms with van der Waals surface area (Å²) in [5.74, 6) is 1.24. The van der Waals surface area contributed by atoms with Gasteiger partial charge >= 0.3 is 6.01 Å². The van der Waals surface area contributed by atoms with Gasteiger partial charge in [-0.15, -0.1) is 0 Å². The second-order valence-electron chi connectivity index (χ2n) is 5.21. The molecule has 0 radical (unpaired) electrons. The zero-order chi connectivity index (χ0) is 18.4. The summed E-state index contributed by atoms with van der Waals surface area (Å²) in [5, 5.41) is 3.82. The second kappa shape index (κ2) is 7.97. The third kappa shape index (κ3) is 4.26. The van der Waals surface area contributed by atoms with Crippen LogP contribution in [0.25, 0.3) is 11.4 Å². The van der Waals surface area contributed by atoms with Gasteiger partial charge in [0.2, 0.25) is 5.82 Å². The highest BCUT2D eigenvalue weighted by molar-refractivity contribution is 5.81. The normalized spacial score (nSPS) is 11.5. The zero-order valence-corrected chi connectivity index (χ0v) is 14.2. The van der Waals surface area contributed by atoms with Crippen molar-refractivity contribution in [3.05, 3.63) is 48.8 Å². The molecule has 1 unspecified atom stereocenters. The number of benzene rings is 1. The maximum Gasteiger partial charge on any atom is 0.340 e. The van der Waals surface area contributed by atoms with Crippen LogP contribution in [0.3, 0.4) is 0 Å². The fraction of sp³-hybridized carbons (Fsp3) is 0.176. The molecule has 1 aromatic carbocycles. The number of amides is 1. The number of pyridine rings is 1. The standard InChI is InChI=1S/C17H17N5O4/c1-11(25-14-5-3-13(24-2)4-6-14)16(23)20-21-17-19-15(22-26-17)12-7-9-18-10-8-12/h3-11H,1-2H3,(H,20,23)(H,19,21,22). The number of rotatable bonds is 7. The molecule has 9 nitrogen and oxygen atoms in total. The molecule has 0 aliphatic carbocycles. The first-order chi connectivity index (χ1) is 12.7. The van der Waals surface area contributed by atoms with Crippen molar-refractivity contribution in [2.45, 2.75) is 13.0 Å². The SMILES string of the molecule is COc1ccc(OC(C)C(=O)NNc2nc(-c3ccncc3)no2)cc1. The molecular formula is C17H17N5O4. The number of carbonyl (C=O) groups is 1. The predicted molar refractivity (Wildman–Crippen MR) is 92.4 cm³/mol. The van der Waals surface area contributed by atoms with Crippen LogP contribution in [0.5, 0.6) is 11.5 Å². The molecule has 26 heavy (non-hydrogen) atoms. The fourth-order valence-corrected chi connectivity index (χ4v) is 2.02. The van der Waals surface area contributed by atoms with Gasteiger partial charge in [-0.05, 0) is 43.3 Å². The van der Waals surface area contributed by atoms with Gasteiger partial charge in [0.15, 0.2) is 6.10 Å². The number of methoxy groups -OCH3 is 1. The van der Waals surface area contributed by atoms with Crippen LogP contribution in [0.4, 0.5) is 6.01 Å². The molecule has 0 spiro atoms. The first-order valence-electron chi connectivity index (χ1n) is 7.76. The maximum atomic E-state index is 12.1. The molecule has 2 N–H and O–H groups in total. The van der Waals surface area contributed by atoms with Gasteiger partial charge in [0.05, 0.1) is 7.11 Å². The Morgan fingerprint density at radius 3 is 2.50 bits per heavy atom. The van der Waals surface area contributed by atoms with Crippen molar-refractivity contribution >= 4 is 11.9 Å². The third-order valence-corrected chi connectivity index (χ3v) is 3.40. The smallest absolute Gasteiger partial charge is 0.340 e. The van der Waals surface area contributed by atoms with Crippen LogP contribution in [-0.4, -0.2) is 34.2 Å². The van der Waals surface area contributed by atoms with Gasteiger partial charge in [-0.1, -0.05) is 5.16 Å². The van der Waals surface area contributed by atoms with Crippen molar-refractivity contribution in [2.75, 3.05) is 12.5 Å². The van der Waals surface area contributed by atoms with E-state index in [9.17, 15) is 4.79 Å². The van der Waals surface area contributed by atoms with Crippen molar-refractivity contribution in [3.63, 3.8) is 0 Å². The first kappa shape index (κ1) is 17.2. The van der Waals surface area contributed by atoms with Gasteiger partial charge in [0.1, 0.15) is 11.5 Å². The average molecular weight is 355 g/mol. The van der Waals surface area contributed by atoms with E-state index < -0.39 is 12.0 Å². The molecule has 3 aromatic rings. The summed E-state index contributed by atoms with van der Waals surface area (Å²) in [6.45, 7) is 1.62. The van der Waals surface area contributed by atoms with E-state index in [1.54, 1.807) is 62.8 Å². The quantitative estimate of drug-likeness (QED) is 0.620. The number of hydrogen-bond donors (Lipinski definition) is 2. The van der Waals surface area contributed by atoms with Crippen LogP contribution in [0.15, 0.2) is 53.3 Å². The van der Waals surface area contributed by atoms with Crippen LogP contribution < -0.4 is 20.3 Å². The lowest BCUT2D eigenvalue weighted by molar-refractivity contribution is -0.126. The van der Waals surface area contributed by atoms with Gasteiger partial charge in [-0.3, -0.25) is 15.2 Å². The lowest BCUT2D eigenvalue weighted by Gasteiger charge is -2.14. The molecule has 0 fully saturated rings. The van der Waals surface area contributed by atoms with Crippen molar-refractivity contribution in [1.82, 2.24) is 20.6 Å². The topological polar surface area (TPSA) is 111 Å². The summed E-state index contributed by atoms with van der Waals surface area (Å²) in [7, 11) is 1.58. The lowest BCUT2D eigenvalue weighted by Crippen LogP contribution is -2.39. The molecule has 0 bridgehead atoms. The molecular weight excluding hydrogens is 338 g/mol. The molecule has 0 aliphatic rings. The van der Waals surface area contributed by atoms with Crippen molar-refractivity contribution in [1.29, 1.82) is 0 Å². The third-order valence-electron chi connectivity index (χ3n) is 3.40. The van der Waals surface area contributed by atoms with E-state index in [0.29, 0.717) is 17.3 Å². The minimum absolute atomic E-state index is 0.0572. The Bertz CT molecular complexity index is 851. The van der Waals surface area contributed by atoms with E-state index in [-0.39, 0.29) is 6.01 Å². The van der Waals surface area contributed by atoms with Gasteiger partial charge in [-0.2, -0.15) is 4.98 Å². The number of nitrogens with one attached hydrogen (secondary N) is 2. The fourth-order valence-electron chi connectivity index (χ4n) is 2.02. The van der Waals surface area contributed by atoms with Crippen molar-refractivity contribution < 1.29 is 18.8 Å². The predicted octanol–water partition coefficient (Wildman–Crippen LogP) is 2.05. The summed E-state index contributed by atoms with van der Waals surface area (Å²) in [6.07, 6.45) is 2.51. The molecule has 0 saturated heterocycles. The highest BCUT2D eigenvalue weighted by Gasteiger charge is 2.16. The first-order valence-corrected chi connectivity index (χ1v) is 7.76. The summed E-state index contributed by atoms with van der Waals surface area (Å²) in [5.41, 5.74) is 5.77. The van der Waals surface area contributed by atoms with Crippen LogP contribution in [-0.2, 0) is 4.79 Å². The van der Waals surface area contributed by atoms with Gasteiger partial charge in [0.25, 0.3) is 5.91 Å². The van der Waals surface area contributed by atoms with E-state index in [1.807, 2.05) is 0 Å². The summed E-state index contributed by atoms with van der Waals surface area (Å²) in [6, 6.07) is 10.5. The van der Waals surface area contributed by atoms with E-state index in [1.165, 1.54) is 0 Å².